The fourth-order valence-electron chi connectivity index (χ4n) is 1.76. The molecule has 2 aromatic rings. The summed E-state index contributed by atoms with van der Waals surface area (Å²) in [6.07, 6.45) is 1.07. The van der Waals surface area contributed by atoms with Gasteiger partial charge in [0.15, 0.2) is 9.84 Å². The zero-order valence-corrected chi connectivity index (χ0v) is 13.1. The topological polar surface area (TPSA) is 87.0 Å². The minimum absolute atomic E-state index is 0.0537. The molecule has 0 aromatic heterocycles. The minimum atomic E-state index is -3.41. The first-order valence-corrected chi connectivity index (χ1v) is 8.39. The quantitative estimate of drug-likeness (QED) is 0.934. The zero-order valence-electron chi connectivity index (χ0n) is 11.5. The maximum atomic E-state index is 12.2. The predicted octanol–water partition coefficient (Wildman–Crippen LogP) is 2.87. The van der Waals surface area contributed by atoms with Crippen molar-refractivity contribution in [3.05, 3.63) is 58.6 Å². The smallest absolute Gasteiger partial charge is 0.255 e. The number of benzene rings is 2. The molecule has 0 aliphatic rings. The molecule has 0 atom stereocenters. The van der Waals surface area contributed by atoms with E-state index in [1.807, 2.05) is 6.07 Å². The summed E-state index contributed by atoms with van der Waals surface area (Å²) in [5.41, 5.74) is 0.820. The minimum Gasteiger partial charge on any atom is -0.321 e. The second kappa shape index (κ2) is 6.18. The van der Waals surface area contributed by atoms with Crippen LogP contribution in [0.3, 0.4) is 0 Å². The number of rotatable bonds is 3. The van der Waals surface area contributed by atoms with Crippen LogP contribution in [0.4, 0.5) is 5.69 Å². The summed E-state index contributed by atoms with van der Waals surface area (Å²) in [5.74, 6) is -0.482. The van der Waals surface area contributed by atoms with Crippen molar-refractivity contribution in [1.82, 2.24) is 0 Å². The van der Waals surface area contributed by atoms with Crippen LogP contribution in [0.5, 0.6) is 0 Å². The fourth-order valence-corrected chi connectivity index (χ4v) is 2.57. The van der Waals surface area contributed by atoms with Gasteiger partial charge in [-0.25, -0.2) is 8.42 Å². The van der Waals surface area contributed by atoms with Crippen molar-refractivity contribution >= 4 is 33.0 Å². The van der Waals surface area contributed by atoms with E-state index >= 15 is 0 Å². The largest absolute Gasteiger partial charge is 0.321 e. The van der Waals surface area contributed by atoms with Crippen LogP contribution in [0, 0.1) is 11.3 Å². The number of nitrogens with one attached hydrogen (secondary N) is 1. The van der Waals surface area contributed by atoms with Gasteiger partial charge in [0.05, 0.1) is 27.2 Å². The van der Waals surface area contributed by atoms with E-state index in [-0.39, 0.29) is 21.2 Å². The third-order valence-electron chi connectivity index (χ3n) is 2.87. The van der Waals surface area contributed by atoms with Crippen LogP contribution in [-0.4, -0.2) is 20.6 Å². The molecule has 0 spiro atoms. The average molecular weight is 335 g/mol. The Labute approximate surface area is 133 Å². The number of halogens is 1. The Morgan fingerprint density at radius 2 is 1.95 bits per heavy atom. The maximum Gasteiger partial charge on any atom is 0.255 e. The summed E-state index contributed by atoms with van der Waals surface area (Å²) >= 11 is 5.97. The molecule has 0 bridgehead atoms. The third-order valence-corrected chi connectivity index (χ3v) is 4.31. The van der Waals surface area contributed by atoms with Gasteiger partial charge in [-0.05, 0) is 36.4 Å². The number of hydrogen-bond donors (Lipinski definition) is 1. The van der Waals surface area contributed by atoms with Gasteiger partial charge in [0, 0.05) is 11.8 Å². The normalized spacial score (nSPS) is 10.8. The molecule has 7 heteroatoms. The Kier molecular flexibility index (Phi) is 4.50. The summed E-state index contributed by atoms with van der Waals surface area (Å²) in [7, 11) is -3.41. The van der Waals surface area contributed by atoms with Gasteiger partial charge in [-0.1, -0.05) is 17.7 Å². The Balaban J connectivity index is 2.34. The van der Waals surface area contributed by atoms with E-state index in [1.165, 1.54) is 24.3 Å². The van der Waals surface area contributed by atoms with Gasteiger partial charge in [-0.2, -0.15) is 5.26 Å². The summed E-state index contributed by atoms with van der Waals surface area (Å²) in [6.45, 7) is 0. The molecule has 0 aliphatic heterocycles. The van der Waals surface area contributed by atoms with Gasteiger partial charge in [-0.15, -0.1) is 0 Å². The highest BCUT2D eigenvalue weighted by atomic mass is 35.5. The van der Waals surface area contributed by atoms with Crippen molar-refractivity contribution in [1.29, 1.82) is 5.26 Å². The van der Waals surface area contributed by atoms with Crippen LogP contribution < -0.4 is 5.32 Å². The van der Waals surface area contributed by atoms with Gasteiger partial charge >= 0.3 is 0 Å². The van der Waals surface area contributed by atoms with E-state index in [2.05, 4.69) is 5.32 Å². The van der Waals surface area contributed by atoms with Crippen LogP contribution in [0.1, 0.15) is 15.9 Å². The zero-order chi connectivity index (χ0) is 16.3. The molecular formula is C15H11ClN2O3S. The molecule has 0 heterocycles. The van der Waals surface area contributed by atoms with Crippen molar-refractivity contribution in [2.45, 2.75) is 4.90 Å². The van der Waals surface area contributed by atoms with Crippen molar-refractivity contribution in [2.24, 2.45) is 0 Å². The van der Waals surface area contributed by atoms with E-state index in [1.54, 1.807) is 18.2 Å². The van der Waals surface area contributed by atoms with Gasteiger partial charge in [-0.3, -0.25) is 4.79 Å². The molecule has 1 N–H and O–H groups in total. The number of nitriles is 1. The fraction of sp³-hybridized carbons (Fsp3) is 0.0667. The Morgan fingerprint density at radius 3 is 2.59 bits per heavy atom. The molecule has 22 heavy (non-hydrogen) atoms. The molecule has 112 valence electrons. The van der Waals surface area contributed by atoms with Crippen molar-refractivity contribution in [3.63, 3.8) is 0 Å². The second-order valence-electron chi connectivity index (χ2n) is 4.56. The van der Waals surface area contributed by atoms with Crippen LogP contribution in [-0.2, 0) is 9.84 Å². The molecule has 1 amide bonds. The number of sulfone groups is 1. The SMILES string of the molecule is CS(=O)(=O)c1ccc(Cl)c(NC(=O)c2cccc(C#N)c2)c1. The Morgan fingerprint density at radius 1 is 1.23 bits per heavy atom. The van der Waals surface area contributed by atoms with E-state index < -0.39 is 15.7 Å². The standard InChI is InChI=1S/C15H11ClN2O3S/c1-22(20,21)12-5-6-13(16)14(8-12)18-15(19)11-4-2-3-10(7-11)9-17/h2-8H,1H3,(H,18,19). The molecule has 0 unspecified atom stereocenters. The van der Waals surface area contributed by atoms with Gasteiger partial charge in [0.2, 0.25) is 0 Å². The lowest BCUT2D eigenvalue weighted by Crippen LogP contribution is -2.13. The number of amides is 1. The lowest BCUT2D eigenvalue weighted by atomic mass is 10.1. The Bertz CT molecular complexity index is 886. The van der Waals surface area contributed by atoms with E-state index in [4.69, 9.17) is 16.9 Å². The van der Waals surface area contributed by atoms with Crippen LogP contribution in [0.15, 0.2) is 47.4 Å². The van der Waals surface area contributed by atoms with Gasteiger partial charge in [0.1, 0.15) is 0 Å². The summed E-state index contributed by atoms with van der Waals surface area (Å²) in [6, 6.07) is 12.1. The molecule has 5 nitrogen and oxygen atoms in total. The monoisotopic (exact) mass is 334 g/mol. The number of nitrogens with zero attached hydrogens (tertiary/aromatic N) is 1. The van der Waals surface area contributed by atoms with Crippen molar-refractivity contribution in [3.8, 4) is 6.07 Å². The molecule has 2 aromatic carbocycles. The summed E-state index contributed by atoms with van der Waals surface area (Å²) < 4.78 is 23.1. The first kappa shape index (κ1) is 16.0. The molecule has 0 saturated heterocycles. The molecule has 2 rings (SSSR count). The third kappa shape index (κ3) is 3.64. The van der Waals surface area contributed by atoms with E-state index in [9.17, 15) is 13.2 Å². The summed E-state index contributed by atoms with van der Waals surface area (Å²) in [4.78, 5) is 12.2. The highest BCUT2D eigenvalue weighted by Crippen LogP contribution is 2.25. The van der Waals surface area contributed by atoms with Gasteiger partial charge in [0.25, 0.3) is 5.91 Å². The second-order valence-corrected chi connectivity index (χ2v) is 6.98. The highest BCUT2D eigenvalue weighted by Gasteiger charge is 2.13. The van der Waals surface area contributed by atoms with Crippen LogP contribution >= 0.6 is 11.6 Å². The van der Waals surface area contributed by atoms with Gasteiger partial charge < -0.3 is 5.32 Å². The summed E-state index contributed by atoms with van der Waals surface area (Å²) in [5, 5.41) is 11.6. The lowest BCUT2D eigenvalue weighted by Gasteiger charge is -2.09. The van der Waals surface area contributed by atoms with Crippen LogP contribution in [0.25, 0.3) is 0 Å². The van der Waals surface area contributed by atoms with E-state index in [0.29, 0.717) is 5.56 Å². The predicted molar refractivity (Wildman–Crippen MR) is 83.7 cm³/mol. The average Bonchev–Trinajstić information content (AvgIpc) is 2.48. The van der Waals surface area contributed by atoms with Crippen molar-refractivity contribution in [2.75, 3.05) is 11.6 Å². The molecule has 0 fully saturated rings. The first-order valence-electron chi connectivity index (χ1n) is 6.12. The highest BCUT2D eigenvalue weighted by molar-refractivity contribution is 7.90. The molecule has 0 radical (unpaired) electrons. The van der Waals surface area contributed by atoms with E-state index in [0.717, 1.165) is 6.26 Å². The maximum absolute atomic E-state index is 12.2. The number of carbonyl (C=O) groups is 1. The molecular weight excluding hydrogens is 324 g/mol. The molecule has 0 aliphatic carbocycles. The number of hydrogen-bond acceptors (Lipinski definition) is 4. The first-order chi connectivity index (χ1) is 10.3. The Hall–Kier alpha value is -2.36. The van der Waals surface area contributed by atoms with Crippen LogP contribution in [0.2, 0.25) is 5.02 Å². The molecule has 0 saturated carbocycles. The number of carbonyl (C=O) groups excluding carboxylic acids is 1. The van der Waals surface area contributed by atoms with Crippen molar-refractivity contribution < 1.29 is 13.2 Å². The number of anilines is 1. The lowest BCUT2D eigenvalue weighted by molar-refractivity contribution is 0.102.